The van der Waals surface area contributed by atoms with Gasteiger partial charge in [-0.25, -0.2) is 0 Å². The first-order valence-corrected chi connectivity index (χ1v) is 6.08. The normalized spacial score (nSPS) is 26.3. The Hall–Kier alpha value is -1.14. The van der Waals surface area contributed by atoms with Crippen molar-refractivity contribution in [3.05, 3.63) is 29.3 Å². The van der Waals surface area contributed by atoms with Gasteiger partial charge in [-0.3, -0.25) is 0 Å². The number of hydrogen-bond donors (Lipinski definition) is 0. The Bertz CT molecular complexity index is 486. The van der Waals surface area contributed by atoms with Gasteiger partial charge in [0, 0.05) is 5.56 Å². The molecule has 0 amide bonds. The fourth-order valence-electron chi connectivity index (χ4n) is 3.10. The van der Waals surface area contributed by atoms with Crippen LogP contribution in [0.3, 0.4) is 0 Å². The molecule has 0 atom stereocenters. The largest absolute Gasteiger partial charge is 0.496 e. The van der Waals surface area contributed by atoms with E-state index in [4.69, 9.17) is 23.7 Å². The zero-order chi connectivity index (χ0) is 12.2. The average molecular weight is 250 g/mol. The molecule has 2 saturated heterocycles. The van der Waals surface area contributed by atoms with Gasteiger partial charge < -0.3 is 23.7 Å². The van der Waals surface area contributed by atoms with Crippen LogP contribution >= 0.6 is 0 Å². The Labute approximate surface area is 105 Å². The maximum atomic E-state index is 5.83. The summed E-state index contributed by atoms with van der Waals surface area (Å²) in [5.74, 6) is -1.11. The summed E-state index contributed by atoms with van der Waals surface area (Å²) in [4.78, 5) is 0. The quantitative estimate of drug-likeness (QED) is 0.747. The van der Waals surface area contributed by atoms with Crippen molar-refractivity contribution in [3.8, 4) is 5.75 Å². The average Bonchev–Trinajstić information content (AvgIpc) is 3.09. The van der Waals surface area contributed by atoms with Crippen molar-refractivity contribution in [3.63, 3.8) is 0 Å². The van der Waals surface area contributed by atoms with Gasteiger partial charge in [0.2, 0.25) is 0 Å². The van der Waals surface area contributed by atoms with Crippen molar-refractivity contribution in [2.24, 2.45) is 0 Å². The number of rotatable bonds is 1. The maximum absolute atomic E-state index is 5.83. The lowest BCUT2D eigenvalue weighted by atomic mass is 9.74. The summed E-state index contributed by atoms with van der Waals surface area (Å²) in [5, 5.41) is 0. The molecule has 1 aliphatic carbocycles. The Balaban J connectivity index is 1.94. The zero-order valence-electron chi connectivity index (χ0n) is 10.1. The van der Waals surface area contributed by atoms with E-state index in [2.05, 4.69) is 0 Å². The minimum absolute atomic E-state index is 0.534. The lowest BCUT2D eigenvalue weighted by Gasteiger charge is -2.52. The third kappa shape index (κ3) is 0.984. The van der Waals surface area contributed by atoms with Crippen LogP contribution in [0.1, 0.15) is 11.1 Å². The van der Waals surface area contributed by atoms with Crippen molar-refractivity contribution >= 4 is 0 Å². The van der Waals surface area contributed by atoms with E-state index in [0.29, 0.717) is 26.4 Å². The molecule has 1 aromatic rings. The second kappa shape index (κ2) is 3.45. The summed E-state index contributed by atoms with van der Waals surface area (Å²) in [7, 11) is 1.64. The van der Waals surface area contributed by atoms with E-state index < -0.39 is 11.6 Å². The molecule has 2 aliphatic heterocycles. The first kappa shape index (κ1) is 10.8. The van der Waals surface area contributed by atoms with Crippen molar-refractivity contribution in [2.45, 2.75) is 11.6 Å². The summed E-state index contributed by atoms with van der Waals surface area (Å²) in [5.41, 5.74) is 1.84. The summed E-state index contributed by atoms with van der Waals surface area (Å²) < 4.78 is 28.7. The van der Waals surface area contributed by atoms with E-state index in [9.17, 15) is 0 Å². The smallest absolute Gasteiger partial charge is 0.260 e. The van der Waals surface area contributed by atoms with Gasteiger partial charge in [-0.05, 0) is 6.07 Å². The SMILES string of the molecule is COc1cccc2c1C1(OCCO1)C21OCCO1. The highest BCUT2D eigenvalue weighted by molar-refractivity contribution is 5.56. The lowest BCUT2D eigenvalue weighted by Crippen LogP contribution is -2.60. The maximum Gasteiger partial charge on any atom is 0.260 e. The van der Waals surface area contributed by atoms with E-state index in [1.54, 1.807) is 7.11 Å². The highest BCUT2D eigenvalue weighted by atomic mass is 16.8. The van der Waals surface area contributed by atoms with Crippen LogP contribution in [0.4, 0.5) is 0 Å². The summed E-state index contributed by atoms with van der Waals surface area (Å²) in [6.45, 7) is 2.16. The molecule has 4 rings (SSSR count). The molecule has 0 bridgehead atoms. The topological polar surface area (TPSA) is 46.2 Å². The van der Waals surface area contributed by atoms with Crippen LogP contribution in [0.15, 0.2) is 18.2 Å². The van der Waals surface area contributed by atoms with E-state index in [1.807, 2.05) is 18.2 Å². The van der Waals surface area contributed by atoms with Crippen molar-refractivity contribution in [1.29, 1.82) is 0 Å². The molecule has 0 N–H and O–H groups in total. The van der Waals surface area contributed by atoms with Gasteiger partial charge in [-0.2, -0.15) is 0 Å². The van der Waals surface area contributed by atoms with Crippen LogP contribution < -0.4 is 4.74 Å². The van der Waals surface area contributed by atoms with Crippen LogP contribution in [-0.4, -0.2) is 33.5 Å². The number of hydrogen-bond acceptors (Lipinski definition) is 5. The van der Waals surface area contributed by atoms with Crippen LogP contribution in [0.2, 0.25) is 0 Å². The van der Waals surface area contributed by atoms with Gasteiger partial charge in [0.25, 0.3) is 11.6 Å². The van der Waals surface area contributed by atoms with Crippen molar-refractivity contribution < 1.29 is 23.7 Å². The molecule has 2 heterocycles. The minimum atomic E-state index is -0.953. The molecule has 5 nitrogen and oxygen atoms in total. The molecular formula is C13H14O5. The van der Waals surface area contributed by atoms with Crippen LogP contribution in [0.5, 0.6) is 5.75 Å². The highest BCUT2D eigenvalue weighted by Crippen LogP contribution is 2.64. The third-order valence-electron chi connectivity index (χ3n) is 3.75. The van der Waals surface area contributed by atoms with Gasteiger partial charge in [0.05, 0.1) is 39.1 Å². The zero-order valence-corrected chi connectivity index (χ0v) is 10.1. The molecule has 96 valence electrons. The van der Waals surface area contributed by atoms with Gasteiger partial charge in [0.15, 0.2) is 0 Å². The standard InChI is InChI=1S/C13H14O5/c1-14-10-4-2-3-9-11(10)13(17-7-8-18-13)12(9)15-5-6-16-12/h2-4H,5-8H2,1H3. The van der Waals surface area contributed by atoms with E-state index in [1.165, 1.54) is 0 Å². The van der Waals surface area contributed by atoms with Gasteiger partial charge >= 0.3 is 0 Å². The van der Waals surface area contributed by atoms with Crippen LogP contribution in [0.25, 0.3) is 0 Å². The molecule has 2 fully saturated rings. The number of ether oxygens (including phenoxy) is 5. The predicted octanol–water partition coefficient (Wildman–Crippen LogP) is 1.11. The molecule has 18 heavy (non-hydrogen) atoms. The van der Waals surface area contributed by atoms with Gasteiger partial charge in [-0.15, -0.1) is 0 Å². The molecule has 0 saturated carbocycles. The van der Waals surface area contributed by atoms with Crippen LogP contribution in [-0.2, 0) is 30.5 Å². The molecule has 0 radical (unpaired) electrons. The molecule has 5 heteroatoms. The predicted molar refractivity (Wildman–Crippen MR) is 60.2 cm³/mol. The Kier molecular flexibility index (Phi) is 2.06. The summed E-state index contributed by atoms with van der Waals surface area (Å²) in [6, 6.07) is 5.79. The van der Waals surface area contributed by atoms with E-state index in [-0.39, 0.29) is 0 Å². The summed E-state index contributed by atoms with van der Waals surface area (Å²) >= 11 is 0. The second-order valence-electron chi connectivity index (χ2n) is 4.51. The van der Waals surface area contributed by atoms with E-state index >= 15 is 0 Å². The second-order valence-corrected chi connectivity index (χ2v) is 4.51. The van der Waals surface area contributed by atoms with Gasteiger partial charge in [0.1, 0.15) is 5.75 Å². The Morgan fingerprint density at radius 3 is 2.17 bits per heavy atom. The molecule has 1 aromatic carbocycles. The fourth-order valence-corrected chi connectivity index (χ4v) is 3.10. The van der Waals surface area contributed by atoms with Crippen LogP contribution in [0, 0.1) is 0 Å². The Morgan fingerprint density at radius 2 is 1.56 bits per heavy atom. The lowest BCUT2D eigenvalue weighted by molar-refractivity contribution is -0.390. The molecular weight excluding hydrogens is 236 g/mol. The summed E-state index contributed by atoms with van der Waals surface area (Å²) in [6.07, 6.45) is 0. The number of benzene rings is 1. The van der Waals surface area contributed by atoms with Crippen molar-refractivity contribution in [1.82, 2.24) is 0 Å². The monoisotopic (exact) mass is 250 g/mol. The van der Waals surface area contributed by atoms with Crippen molar-refractivity contribution in [2.75, 3.05) is 33.5 Å². The number of methoxy groups -OCH3 is 1. The first-order valence-electron chi connectivity index (χ1n) is 6.08. The molecule has 0 unspecified atom stereocenters. The third-order valence-corrected chi connectivity index (χ3v) is 3.75. The molecule has 3 aliphatic rings. The first-order chi connectivity index (χ1) is 8.84. The highest BCUT2D eigenvalue weighted by Gasteiger charge is 2.73. The van der Waals surface area contributed by atoms with E-state index in [0.717, 1.165) is 16.9 Å². The fraction of sp³-hybridized carbons (Fsp3) is 0.538. The molecule has 2 spiro atoms. The minimum Gasteiger partial charge on any atom is -0.496 e. The van der Waals surface area contributed by atoms with Gasteiger partial charge in [-0.1, -0.05) is 12.1 Å². The molecule has 0 aromatic heterocycles. The Morgan fingerprint density at radius 1 is 0.944 bits per heavy atom. The number of fused-ring (bicyclic) bond motifs is 4.